The number of carbonyl (C=O) groups is 1. The van der Waals surface area contributed by atoms with Crippen molar-refractivity contribution in [2.24, 2.45) is 5.41 Å². The lowest BCUT2D eigenvalue weighted by atomic mass is 9.72. The van der Waals surface area contributed by atoms with E-state index in [9.17, 15) is 9.90 Å². The number of aryl methyl sites for hydroxylation is 1. The van der Waals surface area contributed by atoms with E-state index in [0.29, 0.717) is 16.2 Å². The van der Waals surface area contributed by atoms with Gasteiger partial charge in [0.25, 0.3) is 0 Å². The number of Topliss-reactive ketones (excluding diaryl/α,β-unsaturated/α-hetero) is 1. The molecule has 4 heteroatoms. The van der Waals surface area contributed by atoms with E-state index in [-0.39, 0.29) is 17.0 Å². The standard InChI is InChI=1S/C18H22BrClO2/c1-11-9-13(15(20)10-14(11)19)16(12(2)21)17(22)18(3)7-5-4-6-8-18/h9-10,22H,4-8H2,1-3H3/b17-16-. The van der Waals surface area contributed by atoms with E-state index in [0.717, 1.165) is 35.7 Å². The Morgan fingerprint density at radius 2 is 1.86 bits per heavy atom. The van der Waals surface area contributed by atoms with Crippen LogP contribution < -0.4 is 0 Å². The van der Waals surface area contributed by atoms with E-state index in [4.69, 9.17) is 11.6 Å². The summed E-state index contributed by atoms with van der Waals surface area (Å²) >= 11 is 9.78. The summed E-state index contributed by atoms with van der Waals surface area (Å²) < 4.78 is 0.896. The quantitative estimate of drug-likeness (QED) is 0.494. The second kappa shape index (κ2) is 6.76. The van der Waals surface area contributed by atoms with Gasteiger partial charge in [0.05, 0.1) is 5.57 Å². The molecule has 120 valence electrons. The molecule has 0 aliphatic heterocycles. The third kappa shape index (κ3) is 3.41. The number of hydrogen-bond donors (Lipinski definition) is 1. The van der Waals surface area contributed by atoms with Gasteiger partial charge in [0.1, 0.15) is 5.76 Å². The molecule has 0 radical (unpaired) electrons. The third-order valence-corrected chi connectivity index (χ3v) is 5.80. The van der Waals surface area contributed by atoms with Crippen LogP contribution in [-0.4, -0.2) is 10.9 Å². The molecule has 0 bridgehead atoms. The average molecular weight is 386 g/mol. The van der Waals surface area contributed by atoms with Gasteiger partial charge in [-0.3, -0.25) is 4.79 Å². The smallest absolute Gasteiger partial charge is 0.163 e. The molecule has 1 fully saturated rings. The number of carbonyl (C=O) groups excluding carboxylic acids is 1. The fraction of sp³-hybridized carbons (Fsp3) is 0.500. The zero-order chi connectivity index (χ0) is 16.5. The maximum Gasteiger partial charge on any atom is 0.163 e. The summed E-state index contributed by atoms with van der Waals surface area (Å²) in [5, 5.41) is 11.4. The Morgan fingerprint density at radius 1 is 1.27 bits per heavy atom. The highest BCUT2D eigenvalue weighted by Gasteiger charge is 2.35. The molecule has 22 heavy (non-hydrogen) atoms. The Labute approximate surface area is 145 Å². The molecule has 0 heterocycles. The Bertz CT molecular complexity index is 628. The van der Waals surface area contributed by atoms with Crippen LogP contribution in [0.4, 0.5) is 0 Å². The molecule has 1 aliphatic rings. The summed E-state index contributed by atoms with van der Waals surface area (Å²) in [6.07, 6.45) is 5.17. The van der Waals surface area contributed by atoms with E-state index >= 15 is 0 Å². The van der Waals surface area contributed by atoms with Gasteiger partial charge in [0, 0.05) is 20.5 Å². The first kappa shape index (κ1) is 17.6. The number of ketones is 1. The lowest BCUT2D eigenvalue weighted by Gasteiger charge is -2.34. The SMILES string of the molecule is CC(=O)/C(=C(/O)C1(C)CCCCC1)c1cc(C)c(Br)cc1Cl. The first-order valence-corrected chi connectivity index (χ1v) is 8.84. The number of halogens is 2. The van der Waals surface area contributed by atoms with Crippen molar-refractivity contribution in [3.8, 4) is 0 Å². The van der Waals surface area contributed by atoms with Crippen LogP contribution in [0.15, 0.2) is 22.4 Å². The molecule has 1 aromatic carbocycles. The lowest BCUT2D eigenvalue weighted by Crippen LogP contribution is -2.25. The molecular formula is C18H22BrClO2. The van der Waals surface area contributed by atoms with Gasteiger partial charge in [-0.05, 0) is 44.4 Å². The number of hydrogen-bond acceptors (Lipinski definition) is 2. The van der Waals surface area contributed by atoms with E-state index in [1.54, 1.807) is 6.07 Å². The predicted molar refractivity (Wildman–Crippen MR) is 95.3 cm³/mol. The number of rotatable bonds is 3. The molecule has 2 rings (SSSR count). The van der Waals surface area contributed by atoms with Gasteiger partial charge in [-0.2, -0.15) is 0 Å². The van der Waals surface area contributed by atoms with E-state index < -0.39 is 0 Å². The summed E-state index contributed by atoms with van der Waals surface area (Å²) in [4.78, 5) is 12.2. The van der Waals surface area contributed by atoms with E-state index in [1.165, 1.54) is 13.3 Å². The van der Waals surface area contributed by atoms with Crippen LogP contribution >= 0.6 is 27.5 Å². The Balaban J connectivity index is 2.62. The van der Waals surface area contributed by atoms with Gasteiger partial charge in [-0.25, -0.2) is 0 Å². The minimum atomic E-state index is -0.330. The van der Waals surface area contributed by atoms with Crippen LogP contribution in [0.3, 0.4) is 0 Å². The third-order valence-electron chi connectivity index (χ3n) is 4.64. The monoisotopic (exact) mass is 384 g/mol. The van der Waals surface area contributed by atoms with Gasteiger partial charge in [-0.1, -0.05) is 53.7 Å². The van der Waals surface area contributed by atoms with Crippen molar-refractivity contribution >= 4 is 38.9 Å². The minimum absolute atomic E-state index is 0.145. The summed E-state index contributed by atoms with van der Waals surface area (Å²) in [5.41, 5.74) is 1.65. The molecule has 1 aliphatic carbocycles. The second-order valence-electron chi connectivity index (χ2n) is 6.48. The van der Waals surface area contributed by atoms with Crippen LogP contribution in [0.2, 0.25) is 5.02 Å². The van der Waals surface area contributed by atoms with Crippen molar-refractivity contribution in [1.82, 2.24) is 0 Å². The second-order valence-corrected chi connectivity index (χ2v) is 7.74. The first-order valence-electron chi connectivity index (χ1n) is 7.67. The van der Waals surface area contributed by atoms with Crippen LogP contribution in [0.5, 0.6) is 0 Å². The highest BCUT2D eigenvalue weighted by atomic mass is 79.9. The fourth-order valence-corrected chi connectivity index (χ4v) is 3.94. The first-order chi connectivity index (χ1) is 10.3. The highest BCUT2D eigenvalue weighted by molar-refractivity contribution is 9.10. The van der Waals surface area contributed by atoms with Gasteiger partial charge < -0.3 is 5.11 Å². The minimum Gasteiger partial charge on any atom is -0.511 e. The zero-order valence-electron chi connectivity index (χ0n) is 13.3. The number of allylic oxidation sites excluding steroid dienone is 2. The van der Waals surface area contributed by atoms with Crippen molar-refractivity contribution in [3.05, 3.63) is 38.5 Å². The van der Waals surface area contributed by atoms with Crippen molar-refractivity contribution in [3.63, 3.8) is 0 Å². The number of aliphatic hydroxyl groups excluding tert-OH is 1. The van der Waals surface area contributed by atoms with Crippen molar-refractivity contribution < 1.29 is 9.90 Å². The van der Waals surface area contributed by atoms with Crippen LogP contribution in [0, 0.1) is 12.3 Å². The van der Waals surface area contributed by atoms with Crippen LogP contribution in [-0.2, 0) is 4.79 Å². The molecule has 0 atom stereocenters. The number of aliphatic hydroxyl groups is 1. The molecule has 2 nitrogen and oxygen atoms in total. The van der Waals surface area contributed by atoms with Crippen molar-refractivity contribution in [2.45, 2.75) is 52.9 Å². The fourth-order valence-electron chi connectivity index (χ4n) is 3.20. The molecule has 0 spiro atoms. The molecule has 1 N–H and O–H groups in total. The van der Waals surface area contributed by atoms with Gasteiger partial charge in [-0.15, -0.1) is 0 Å². The summed E-state index contributed by atoms with van der Waals surface area (Å²) in [5.74, 6) is 0.0521. The molecule has 0 aromatic heterocycles. The lowest BCUT2D eigenvalue weighted by molar-refractivity contribution is -0.112. The van der Waals surface area contributed by atoms with Crippen LogP contribution in [0.25, 0.3) is 5.57 Å². The molecule has 1 aromatic rings. The Kier molecular flexibility index (Phi) is 5.39. The van der Waals surface area contributed by atoms with E-state index in [2.05, 4.69) is 15.9 Å². The van der Waals surface area contributed by atoms with Gasteiger partial charge >= 0.3 is 0 Å². The van der Waals surface area contributed by atoms with Gasteiger partial charge in [0.15, 0.2) is 5.78 Å². The zero-order valence-corrected chi connectivity index (χ0v) is 15.6. The van der Waals surface area contributed by atoms with Crippen molar-refractivity contribution in [2.75, 3.05) is 0 Å². The van der Waals surface area contributed by atoms with Gasteiger partial charge in [0.2, 0.25) is 0 Å². The topological polar surface area (TPSA) is 37.3 Å². The normalized spacial score (nSPS) is 18.8. The maximum absolute atomic E-state index is 12.2. The average Bonchev–Trinajstić information content (AvgIpc) is 2.45. The molecule has 0 amide bonds. The summed E-state index contributed by atoms with van der Waals surface area (Å²) in [6.45, 7) is 5.48. The summed E-state index contributed by atoms with van der Waals surface area (Å²) in [7, 11) is 0. The van der Waals surface area contributed by atoms with E-state index in [1.807, 2.05) is 19.9 Å². The molecule has 0 saturated heterocycles. The van der Waals surface area contributed by atoms with Crippen molar-refractivity contribution in [1.29, 1.82) is 0 Å². The Morgan fingerprint density at radius 3 is 2.41 bits per heavy atom. The maximum atomic E-state index is 12.2. The highest BCUT2D eigenvalue weighted by Crippen LogP contribution is 2.44. The Hall–Kier alpha value is -0.800. The molecular weight excluding hydrogens is 364 g/mol. The largest absolute Gasteiger partial charge is 0.511 e. The summed E-state index contributed by atoms with van der Waals surface area (Å²) in [6, 6.07) is 3.65. The molecule has 1 saturated carbocycles. The number of benzene rings is 1. The predicted octanol–water partition coefficient (Wildman–Crippen LogP) is 6.24. The molecule has 0 unspecified atom stereocenters. The van der Waals surface area contributed by atoms with Crippen LogP contribution in [0.1, 0.15) is 57.1 Å².